The zero-order chi connectivity index (χ0) is 28.1. The number of aromatic nitrogens is 4. The lowest BCUT2D eigenvalue weighted by Crippen LogP contribution is -2.25. The Bertz CT molecular complexity index is 1660. The average Bonchev–Trinajstić information content (AvgIpc) is 3.47. The molecule has 0 bridgehead atoms. The number of thiophene rings is 1. The first kappa shape index (κ1) is 26.8. The molecule has 10 nitrogen and oxygen atoms in total. The van der Waals surface area contributed by atoms with Gasteiger partial charge in [-0.15, -0.1) is 11.3 Å². The van der Waals surface area contributed by atoms with E-state index in [1.807, 2.05) is 42.2 Å². The second-order valence-electron chi connectivity index (χ2n) is 8.80. The van der Waals surface area contributed by atoms with E-state index in [0.29, 0.717) is 25.5 Å². The third-order valence-corrected chi connectivity index (χ3v) is 7.55. The van der Waals surface area contributed by atoms with Gasteiger partial charge in [-0.1, -0.05) is 6.07 Å². The van der Waals surface area contributed by atoms with Gasteiger partial charge in [0.05, 0.1) is 26.3 Å². The molecule has 3 aromatic heterocycles. The number of aromatic carboxylic acids is 1. The Kier molecular flexibility index (Phi) is 8.02. The molecule has 0 unspecified atom stereocenters. The van der Waals surface area contributed by atoms with E-state index >= 15 is 0 Å². The van der Waals surface area contributed by atoms with Crippen LogP contribution in [0.15, 0.2) is 67.3 Å². The molecule has 2 aromatic carbocycles. The van der Waals surface area contributed by atoms with Crippen LogP contribution >= 0.6 is 11.3 Å². The molecule has 0 amide bonds. The maximum absolute atomic E-state index is 11.7. The number of ether oxygens (including phenoxy) is 2. The summed E-state index contributed by atoms with van der Waals surface area (Å²) in [5, 5.41) is 13.9. The summed E-state index contributed by atoms with van der Waals surface area (Å²) in [5.74, 6) is 1.45. The van der Waals surface area contributed by atoms with Gasteiger partial charge in [0.1, 0.15) is 23.6 Å². The van der Waals surface area contributed by atoms with Crippen molar-refractivity contribution in [2.45, 2.75) is 20.0 Å². The Balaban J connectivity index is 1.38. The number of hydrogen-bond donors (Lipinski definition) is 2. The molecule has 40 heavy (non-hydrogen) atoms. The predicted octanol–water partition coefficient (Wildman–Crippen LogP) is 5.50. The quantitative estimate of drug-likeness (QED) is 0.215. The first-order chi connectivity index (χ1) is 19.5. The number of fused-ring (bicyclic) bond motifs is 1. The van der Waals surface area contributed by atoms with Crippen LogP contribution in [0.25, 0.3) is 21.3 Å². The highest BCUT2D eigenvalue weighted by Gasteiger charge is 2.19. The van der Waals surface area contributed by atoms with Crippen LogP contribution in [0.4, 0.5) is 11.6 Å². The van der Waals surface area contributed by atoms with Crippen molar-refractivity contribution in [3.8, 4) is 21.9 Å². The van der Waals surface area contributed by atoms with Gasteiger partial charge in [0, 0.05) is 52.3 Å². The summed E-state index contributed by atoms with van der Waals surface area (Å²) in [6, 6.07) is 16.0. The molecular formula is C29H28N6O4S. The van der Waals surface area contributed by atoms with Crippen molar-refractivity contribution in [3.63, 3.8) is 0 Å². The van der Waals surface area contributed by atoms with E-state index in [-0.39, 0.29) is 5.69 Å². The van der Waals surface area contributed by atoms with E-state index in [9.17, 15) is 9.90 Å². The highest BCUT2D eigenvalue weighted by molar-refractivity contribution is 7.15. The standard InChI is InChI=1S/C29H28N6O4S/c1-4-35(28-26(29(36)37)30-11-12-31-28)16-21-8-10-25(40-21)18-6-9-23-22(13-18)27(34-17-33-23)32-15-19-5-7-20(38-2)14-24(19)39-3/h5-14,17H,4,15-16H2,1-3H3,(H,36,37)(H,32,33,34). The molecule has 0 atom stereocenters. The van der Waals surface area contributed by atoms with E-state index in [2.05, 4.69) is 43.5 Å². The van der Waals surface area contributed by atoms with Gasteiger partial charge in [0.2, 0.25) is 0 Å². The van der Waals surface area contributed by atoms with Crippen LogP contribution in [0, 0.1) is 0 Å². The minimum Gasteiger partial charge on any atom is -0.497 e. The van der Waals surface area contributed by atoms with Crippen molar-refractivity contribution >= 4 is 39.8 Å². The molecule has 0 radical (unpaired) electrons. The SMILES string of the molecule is CCN(Cc1ccc(-c2ccc3ncnc(NCc4ccc(OC)cc4OC)c3c2)s1)c1nccnc1C(=O)O. The molecule has 0 aliphatic carbocycles. The maximum Gasteiger partial charge on any atom is 0.358 e. The molecule has 5 aromatic rings. The van der Waals surface area contributed by atoms with Crippen molar-refractivity contribution in [2.24, 2.45) is 0 Å². The van der Waals surface area contributed by atoms with Crippen molar-refractivity contribution in [1.29, 1.82) is 0 Å². The number of benzene rings is 2. The zero-order valence-electron chi connectivity index (χ0n) is 22.3. The molecule has 0 aliphatic rings. The lowest BCUT2D eigenvalue weighted by atomic mass is 10.1. The number of anilines is 2. The fourth-order valence-electron chi connectivity index (χ4n) is 4.38. The van der Waals surface area contributed by atoms with Crippen LogP contribution in [0.1, 0.15) is 27.9 Å². The molecule has 0 fully saturated rings. The fourth-order valence-corrected chi connectivity index (χ4v) is 5.40. The second-order valence-corrected chi connectivity index (χ2v) is 9.97. The van der Waals surface area contributed by atoms with Crippen LogP contribution in [0.2, 0.25) is 0 Å². The summed E-state index contributed by atoms with van der Waals surface area (Å²) >= 11 is 1.64. The van der Waals surface area contributed by atoms with E-state index in [1.54, 1.807) is 31.9 Å². The van der Waals surface area contributed by atoms with Crippen molar-refractivity contribution in [2.75, 3.05) is 31.0 Å². The average molecular weight is 557 g/mol. The first-order valence-electron chi connectivity index (χ1n) is 12.6. The Labute approximate surface area is 235 Å². The fraction of sp³-hybridized carbons (Fsp3) is 0.207. The van der Waals surface area contributed by atoms with Crippen LogP contribution in [0.3, 0.4) is 0 Å². The van der Waals surface area contributed by atoms with Gasteiger partial charge >= 0.3 is 5.97 Å². The Morgan fingerprint density at radius 3 is 2.62 bits per heavy atom. The van der Waals surface area contributed by atoms with Gasteiger partial charge < -0.3 is 24.8 Å². The van der Waals surface area contributed by atoms with E-state index < -0.39 is 5.97 Å². The predicted molar refractivity (Wildman–Crippen MR) is 155 cm³/mol. The summed E-state index contributed by atoms with van der Waals surface area (Å²) in [6.45, 7) is 3.59. The third-order valence-electron chi connectivity index (χ3n) is 6.43. The largest absolute Gasteiger partial charge is 0.497 e. The van der Waals surface area contributed by atoms with Crippen molar-refractivity contribution in [1.82, 2.24) is 19.9 Å². The van der Waals surface area contributed by atoms with Crippen molar-refractivity contribution in [3.05, 3.63) is 83.4 Å². The molecule has 0 aliphatic heterocycles. The summed E-state index contributed by atoms with van der Waals surface area (Å²) in [6.07, 6.45) is 4.46. The number of methoxy groups -OCH3 is 2. The molecule has 5 rings (SSSR count). The Morgan fingerprint density at radius 2 is 1.85 bits per heavy atom. The van der Waals surface area contributed by atoms with E-state index in [4.69, 9.17) is 9.47 Å². The summed E-state index contributed by atoms with van der Waals surface area (Å²) in [4.78, 5) is 33.0. The van der Waals surface area contributed by atoms with Gasteiger partial charge in [0.25, 0.3) is 0 Å². The Morgan fingerprint density at radius 1 is 1.00 bits per heavy atom. The first-order valence-corrected chi connectivity index (χ1v) is 13.4. The van der Waals surface area contributed by atoms with Gasteiger partial charge in [-0.2, -0.15) is 0 Å². The molecule has 2 N–H and O–H groups in total. The number of rotatable bonds is 11. The third kappa shape index (κ3) is 5.64. The molecule has 0 saturated heterocycles. The minimum absolute atomic E-state index is 0.0528. The Hall–Kier alpha value is -4.77. The molecule has 0 saturated carbocycles. The normalized spacial score (nSPS) is 10.9. The molecular weight excluding hydrogens is 528 g/mol. The summed E-state index contributed by atoms with van der Waals surface area (Å²) in [5.41, 5.74) is 2.80. The van der Waals surface area contributed by atoms with Crippen LogP contribution in [-0.2, 0) is 13.1 Å². The highest BCUT2D eigenvalue weighted by Crippen LogP contribution is 2.33. The van der Waals surface area contributed by atoms with Gasteiger partial charge in [-0.3, -0.25) is 0 Å². The monoisotopic (exact) mass is 556 g/mol. The van der Waals surface area contributed by atoms with E-state index in [0.717, 1.165) is 49.1 Å². The molecule has 0 spiro atoms. The summed E-state index contributed by atoms with van der Waals surface area (Å²) < 4.78 is 10.8. The second kappa shape index (κ2) is 12.0. The number of carbonyl (C=O) groups is 1. The van der Waals surface area contributed by atoms with Gasteiger partial charge in [-0.25, -0.2) is 24.7 Å². The zero-order valence-corrected chi connectivity index (χ0v) is 23.1. The molecule has 3 heterocycles. The summed E-state index contributed by atoms with van der Waals surface area (Å²) in [7, 11) is 3.26. The number of nitrogens with one attached hydrogen (secondary N) is 1. The highest BCUT2D eigenvalue weighted by atomic mass is 32.1. The molecule has 204 valence electrons. The van der Waals surface area contributed by atoms with Crippen molar-refractivity contribution < 1.29 is 19.4 Å². The smallest absolute Gasteiger partial charge is 0.358 e. The lowest BCUT2D eigenvalue weighted by Gasteiger charge is -2.22. The molecule has 11 heteroatoms. The number of carboxylic acids is 1. The van der Waals surface area contributed by atoms with Crippen LogP contribution < -0.4 is 19.7 Å². The minimum atomic E-state index is -1.10. The number of carboxylic acid groups (broad SMARTS) is 1. The number of hydrogen-bond acceptors (Lipinski definition) is 10. The lowest BCUT2D eigenvalue weighted by molar-refractivity contribution is 0.0690. The van der Waals surface area contributed by atoms with Gasteiger partial charge in [-0.05, 0) is 48.9 Å². The van der Waals surface area contributed by atoms with Crippen LogP contribution in [-0.4, -0.2) is 51.8 Å². The van der Waals surface area contributed by atoms with Crippen LogP contribution in [0.5, 0.6) is 11.5 Å². The maximum atomic E-state index is 11.7. The van der Waals surface area contributed by atoms with E-state index in [1.165, 1.54) is 12.4 Å². The van der Waals surface area contributed by atoms with Gasteiger partial charge in [0.15, 0.2) is 11.5 Å². The number of nitrogens with zero attached hydrogens (tertiary/aromatic N) is 5. The topological polar surface area (TPSA) is 123 Å².